The summed E-state index contributed by atoms with van der Waals surface area (Å²) in [5.74, 6) is 0.683. The zero-order chi connectivity index (χ0) is 22.0. The van der Waals surface area contributed by atoms with Gasteiger partial charge in [0.2, 0.25) is 0 Å². The fourth-order valence-corrected chi connectivity index (χ4v) is 3.55. The van der Waals surface area contributed by atoms with E-state index in [1.165, 1.54) is 13.3 Å². The SMILES string of the molecule is COc1cc(C=NNC(=O)c2cc3c(ccc4ccccc43)o2)cc(Cl)c1OC(C)C. The third-order valence-electron chi connectivity index (χ3n) is 4.63. The van der Waals surface area contributed by atoms with Gasteiger partial charge in [-0.3, -0.25) is 4.79 Å². The molecule has 0 atom stereocenters. The number of fused-ring (bicyclic) bond motifs is 3. The Morgan fingerprint density at radius 3 is 2.71 bits per heavy atom. The van der Waals surface area contributed by atoms with Gasteiger partial charge in [0.15, 0.2) is 17.3 Å². The molecule has 158 valence electrons. The summed E-state index contributed by atoms with van der Waals surface area (Å²) in [4.78, 5) is 12.5. The molecule has 0 unspecified atom stereocenters. The molecule has 4 aromatic rings. The van der Waals surface area contributed by atoms with Crippen LogP contribution in [0.4, 0.5) is 0 Å². The molecule has 0 radical (unpaired) electrons. The Kier molecular flexibility index (Phi) is 5.82. The second-order valence-corrected chi connectivity index (χ2v) is 7.62. The van der Waals surface area contributed by atoms with Crippen LogP contribution in [0.3, 0.4) is 0 Å². The summed E-state index contributed by atoms with van der Waals surface area (Å²) in [5, 5.41) is 7.40. The van der Waals surface area contributed by atoms with Gasteiger partial charge in [-0.05, 0) is 54.4 Å². The molecule has 0 bridgehead atoms. The number of rotatable bonds is 6. The minimum atomic E-state index is -0.450. The normalized spacial score (nSPS) is 11.5. The number of halogens is 1. The maximum atomic E-state index is 12.5. The van der Waals surface area contributed by atoms with Gasteiger partial charge in [-0.1, -0.05) is 41.9 Å². The van der Waals surface area contributed by atoms with Crippen molar-refractivity contribution in [2.45, 2.75) is 20.0 Å². The lowest BCUT2D eigenvalue weighted by Crippen LogP contribution is -2.16. The van der Waals surface area contributed by atoms with Gasteiger partial charge in [0.1, 0.15) is 5.58 Å². The number of ether oxygens (including phenoxy) is 2. The van der Waals surface area contributed by atoms with E-state index in [2.05, 4.69) is 10.5 Å². The molecule has 0 spiro atoms. The summed E-state index contributed by atoms with van der Waals surface area (Å²) in [6, 6.07) is 16.9. The van der Waals surface area contributed by atoms with Gasteiger partial charge >= 0.3 is 5.91 Å². The van der Waals surface area contributed by atoms with Crippen molar-refractivity contribution in [3.05, 3.63) is 70.9 Å². The highest BCUT2D eigenvalue weighted by atomic mass is 35.5. The Morgan fingerprint density at radius 1 is 1.13 bits per heavy atom. The van der Waals surface area contributed by atoms with Gasteiger partial charge in [0, 0.05) is 5.39 Å². The van der Waals surface area contributed by atoms with Crippen LogP contribution in [-0.2, 0) is 0 Å². The molecule has 31 heavy (non-hydrogen) atoms. The van der Waals surface area contributed by atoms with E-state index < -0.39 is 5.91 Å². The number of benzene rings is 3. The molecule has 1 aromatic heterocycles. The molecule has 1 heterocycles. The van der Waals surface area contributed by atoms with Gasteiger partial charge in [-0.25, -0.2) is 5.43 Å². The quantitative estimate of drug-likeness (QED) is 0.306. The third-order valence-corrected chi connectivity index (χ3v) is 4.92. The van der Waals surface area contributed by atoms with Crippen LogP contribution < -0.4 is 14.9 Å². The summed E-state index contributed by atoms with van der Waals surface area (Å²) in [6.07, 6.45) is 1.43. The van der Waals surface area contributed by atoms with Crippen LogP contribution in [0.25, 0.3) is 21.7 Å². The van der Waals surface area contributed by atoms with Crippen molar-refractivity contribution in [1.82, 2.24) is 5.43 Å². The van der Waals surface area contributed by atoms with Crippen molar-refractivity contribution in [3.8, 4) is 11.5 Å². The first-order valence-corrected chi connectivity index (χ1v) is 10.1. The Morgan fingerprint density at radius 2 is 1.94 bits per heavy atom. The van der Waals surface area contributed by atoms with Crippen molar-refractivity contribution in [1.29, 1.82) is 0 Å². The minimum absolute atomic E-state index is 0.0499. The second-order valence-electron chi connectivity index (χ2n) is 7.21. The number of methoxy groups -OCH3 is 1. The van der Waals surface area contributed by atoms with Crippen LogP contribution in [0, 0.1) is 0 Å². The molecular formula is C24H21ClN2O4. The van der Waals surface area contributed by atoms with Crippen molar-refractivity contribution >= 4 is 45.5 Å². The lowest BCUT2D eigenvalue weighted by molar-refractivity contribution is 0.0929. The highest BCUT2D eigenvalue weighted by molar-refractivity contribution is 6.32. The van der Waals surface area contributed by atoms with E-state index in [1.807, 2.05) is 50.2 Å². The maximum absolute atomic E-state index is 12.5. The summed E-state index contributed by atoms with van der Waals surface area (Å²) < 4.78 is 16.8. The summed E-state index contributed by atoms with van der Waals surface area (Å²) in [6.45, 7) is 3.81. The van der Waals surface area contributed by atoms with Gasteiger partial charge in [0.25, 0.3) is 0 Å². The topological polar surface area (TPSA) is 73.1 Å². The van der Waals surface area contributed by atoms with Crippen molar-refractivity contribution in [2.75, 3.05) is 7.11 Å². The Labute approximate surface area is 184 Å². The molecule has 0 aliphatic rings. The molecule has 1 N–H and O–H groups in total. The van der Waals surface area contributed by atoms with Crippen molar-refractivity contribution in [3.63, 3.8) is 0 Å². The van der Waals surface area contributed by atoms with Crippen LogP contribution in [-0.4, -0.2) is 25.3 Å². The molecule has 0 aliphatic carbocycles. The number of carbonyl (C=O) groups excluding carboxylic acids is 1. The number of furan rings is 1. The number of carbonyl (C=O) groups is 1. The van der Waals surface area contributed by atoms with E-state index in [0.717, 1.165) is 16.2 Å². The number of nitrogens with zero attached hydrogens (tertiary/aromatic N) is 1. The number of amides is 1. The summed E-state index contributed by atoms with van der Waals surface area (Å²) in [5.41, 5.74) is 3.77. The number of nitrogens with one attached hydrogen (secondary N) is 1. The van der Waals surface area contributed by atoms with Crippen LogP contribution in [0.5, 0.6) is 11.5 Å². The monoisotopic (exact) mass is 436 g/mol. The van der Waals surface area contributed by atoms with Crippen LogP contribution >= 0.6 is 11.6 Å². The average molecular weight is 437 g/mol. The molecule has 7 heteroatoms. The Balaban J connectivity index is 1.53. The zero-order valence-electron chi connectivity index (χ0n) is 17.3. The predicted octanol–water partition coefficient (Wildman–Crippen LogP) is 5.80. The van der Waals surface area contributed by atoms with Gasteiger partial charge < -0.3 is 13.9 Å². The largest absolute Gasteiger partial charge is 0.493 e. The summed E-state index contributed by atoms with van der Waals surface area (Å²) in [7, 11) is 1.53. The first-order valence-electron chi connectivity index (χ1n) is 9.75. The highest BCUT2D eigenvalue weighted by Gasteiger charge is 2.15. The lowest BCUT2D eigenvalue weighted by atomic mass is 10.1. The van der Waals surface area contributed by atoms with Crippen molar-refractivity contribution < 1.29 is 18.7 Å². The molecule has 0 aliphatic heterocycles. The third kappa shape index (κ3) is 4.34. The summed E-state index contributed by atoms with van der Waals surface area (Å²) >= 11 is 6.32. The standard InChI is InChI=1S/C24H21ClN2O4/c1-14(2)30-23-19(25)10-15(11-21(23)29-3)13-26-27-24(28)22-12-18-17-7-5-4-6-16(17)8-9-20(18)31-22/h4-14H,1-3H3,(H,27,28). The second kappa shape index (κ2) is 8.70. The smallest absolute Gasteiger partial charge is 0.307 e. The highest BCUT2D eigenvalue weighted by Crippen LogP contribution is 2.36. The number of hydrazone groups is 1. The molecule has 0 fully saturated rings. The molecular weight excluding hydrogens is 416 g/mol. The number of hydrogen-bond donors (Lipinski definition) is 1. The van der Waals surface area contributed by atoms with E-state index in [9.17, 15) is 4.79 Å². The van der Waals surface area contributed by atoms with Crippen LogP contribution in [0.1, 0.15) is 30.0 Å². The van der Waals surface area contributed by atoms with Gasteiger partial charge in [-0.15, -0.1) is 0 Å². The molecule has 6 nitrogen and oxygen atoms in total. The first kappa shape index (κ1) is 20.8. The van der Waals surface area contributed by atoms with Gasteiger partial charge in [0.05, 0.1) is 24.5 Å². The van der Waals surface area contributed by atoms with Crippen molar-refractivity contribution in [2.24, 2.45) is 5.10 Å². The zero-order valence-corrected chi connectivity index (χ0v) is 18.1. The predicted molar refractivity (Wildman–Crippen MR) is 123 cm³/mol. The van der Waals surface area contributed by atoms with E-state index in [1.54, 1.807) is 18.2 Å². The minimum Gasteiger partial charge on any atom is -0.493 e. The van der Waals surface area contributed by atoms with E-state index >= 15 is 0 Å². The fourth-order valence-electron chi connectivity index (χ4n) is 3.29. The van der Waals surface area contributed by atoms with E-state index in [-0.39, 0.29) is 11.9 Å². The molecule has 0 saturated carbocycles. The van der Waals surface area contributed by atoms with Crippen LogP contribution in [0.2, 0.25) is 5.02 Å². The molecule has 4 rings (SSSR count). The van der Waals surface area contributed by atoms with E-state index in [0.29, 0.717) is 27.7 Å². The molecule has 3 aromatic carbocycles. The molecule has 0 saturated heterocycles. The molecule has 1 amide bonds. The van der Waals surface area contributed by atoms with Gasteiger partial charge in [-0.2, -0.15) is 5.10 Å². The first-order chi connectivity index (χ1) is 15.0. The Hall–Kier alpha value is -3.51. The van der Waals surface area contributed by atoms with E-state index in [4.69, 9.17) is 25.5 Å². The van der Waals surface area contributed by atoms with Crippen LogP contribution in [0.15, 0.2) is 64.1 Å². The maximum Gasteiger partial charge on any atom is 0.307 e. The fraction of sp³-hybridized carbons (Fsp3) is 0.167. The lowest BCUT2D eigenvalue weighted by Gasteiger charge is -2.15. The average Bonchev–Trinajstić information content (AvgIpc) is 3.20. The Bertz CT molecular complexity index is 1290. The number of hydrogen-bond acceptors (Lipinski definition) is 5.